The standard InChI is InChI=1S/C15H13NO2/c1-7-3-12(17)8(2)15-14(7)16-11-5-9-4-10(9)6-13(11)18-15/h3,5-6,9-10H,4H2,1-2H3. The average molecular weight is 239 g/mol. The van der Waals surface area contributed by atoms with E-state index in [4.69, 9.17) is 4.42 Å². The molecule has 3 heteroatoms. The summed E-state index contributed by atoms with van der Waals surface area (Å²) in [6, 6.07) is 1.64. The number of aromatic nitrogens is 1. The highest BCUT2D eigenvalue weighted by Crippen LogP contribution is 2.41. The molecule has 2 atom stereocenters. The van der Waals surface area contributed by atoms with E-state index in [1.807, 2.05) is 6.92 Å². The first-order chi connectivity index (χ1) is 8.63. The van der Waals surface area contributed by atoms with Crippen molar-refractivity contribution < 1.29 is 4.42 Å². The summed E-state index contributed by atoms with van der Waals surface area (Å²) in [6.07, 6.45) is 5.55. The summed E-state index contributed by atoms with van der Waals surface area (Å²) in [7, 11) is 0. The van der Waals surface area contributed by atoms with Crippen LogP contribution in [-0.2, 0) is 0 Å². The molecule has 0 aromatic heterocycles. The minimum absolute atomic E-state index is 0.0228. The predicted octanol–water partition coefficient (Wildman–Crippen LogP) is 0.967. The van der Waals surface area contributed by atoms with Crippen molar-refractivity contribution in [3.63, 3.8) is 0 Å². The van der Waals surface area contributed by atoms with Crippen LogP contribution in [0.25, 0.3) is 23.6 Å². The third-order valence-corrected chi connectivity index (χ3v) is 3.97. The average Bonchev–Trinajstić information content (AvgIpc) is 3.09. The normalized spacial score (nSPS) is 23.9. The molecule has 4 rings (SSSR count). The van der Waals surface area contributed by atoms with E-state index >= 15 is 0 Å². The van der Waals surface area contributed by atoms with E-state index in [2.05, 4.69) is 17.1 Å². The van der Waals surface area contributed by atoms with E-state index in [0.29, 0.717) is 23.2 Å². The molecule has 3 aliphatic carbocycles. The second kappa shape index (κ2) is 3.10. The van der Waals surface area contributed by atoms with Gasteiger partial charge >= 0.3 is 0 Å². The van der Waals surface area contributed by atoms with Crippen molar-refractivity contribution in [1.29, 1.82) is 0 Å². The second-order valence-electron chi connectivity index (χ2n) is 5.35. The minimum Gasteiger partial charge on any atom is -0.453 e. The zero-order valence-corrected chi connectivity index (χ0v) is 10.4. The molecule has 1 aliphatic heterocycles. The van der Waals surface area contributed by atoms with E-state index in [1.54, 1.807) is 13.0 Å². The zero-order valence-electron chi connectivity index (χ0n) is 10.4. The van der Waals surface area contributed by atoms with E-state index in [-0.39, 0.29) is 5.43 Å². The molecule has 0 saturated heterocycles. The van der Waals surface area contributed by atoms with E-state index < -0.39 is 0 Å². The number of hydrogen-bond donors (Lipinski definition) is 0. The maximum Gasteiger partial charge on any atom is 0.185 e. The second-order valence-corrected chi connectivity index (χ2v) is 5.35. The molecule has 2 unspecified atom stereocenters. The van der Waals surface area contributed by atoms with Crippen molar-refractivity contribution in [2.45, 2.75) is 20.3 Å². The van der Waals surface area contributed by atoms with E-state index in [1.165, 1.54) is 6.42 Å². The van der Waals surface area contributed by atoms with Gasteiger partial charge in [0.2, 0.25) is 0 Å². The van der Waals surface area contributed by atoms with Gasteiger partial charge in [0.1, 0.15) is 16.5 Å². The minimum atomic E-state index is 0.0228. The molecule has 1 saturated carbocycles. The van der Waals surface area contributed by atoms with Gasteiger partial charge in [0.15, 0.2) is 11.2 Å². The number of rotatable bonds is 0. The predicted molar refractivity (Wildman–Crippen MR) is 68.6 cm³/mol. The number of nitrogens with zero attached hydrogens (tertiary/aromatic N) is 1. The Bertz CT molecular complexity index is 816. The Morgan fingerprint density at radius 3 is 2.89 bits per heavy atom. The van der Waals surface area contributed by atoms with Gasteiger partial charge in [-0.15, -0.1) is 0 Å². The van der Waals surface area contributed by atoms with Crippen molar-refractivity contribution in [3.05, 3.63) is 38.2 Å². The zero-order chi connectivity index (χ0) is 12.4. The Morgan fingerprint density at radius 2 is 2.06 bits per heavy atom. The Labute approximate surface area is 104 Å². The summed E-state index contributed by atoms with van der Waals surface area (Å²) in [5.74, 6) is 1.91. The quantitative estimate of drug-likeness (QED) is 0.688. The number of aryl methyl sites for hydroxylation is 1. The first-order valence-corrected chi connectivity index (χ1v) is 6.28. The molecule has 0 amide bonds. The van der Waals surface area contributed by atoms with Crippen LogP contribution < -0.4 is 16.2 Å². The lowest BCUT2D eigenvalue weighted by atomic mass is 10.0. The molecule has 0 bridgehead atoms. The fourth-order valence-electron chi connectivity index (χ4n) is 2.70. The van der Waals surface area contributed by atoms with Crippen molar-refractivity contribution in [3.8, 4) is 11.5 Å². The van der Waals surface area contributed by atoms with Gasteiger partial charge in [-0.25, -0.2) is 4.98 Å². The molecule has 1 fully saturated rings. The van der Waals surface area contributed by atoms with Gasteiger partial charge in [-0.2, -0.15) is 0 Å². The molecule has 3 nitrogen and oxygen atoms in total. The largest absolute Gasteiger partial charge is 0.453 e. The van der Waals surface area contributed by atoms with E-state index in [9.17, 15) is 4.79 Å². The number of fused-ring (bicyclic) bond motifs is 3. The first-order valence-electron chi connectivity index (χ1n) is 6.28. The fourth-order valence-corrected chi connectivity index (χ4v) is 2.70. The van der Waals surface area contributed by atoms with Crippen molar-refractivity contribution in [2.24, 2.45) is 11.8 Å². The summed E-state index contributed by atoms with van der Waals surface area (Å²) in [5.41, 5.74) is 3.20. The Kier molecular flexibility index (Phi) is 1.74. The summed E-state index contributed by atoms with van der Waals surface area (Å²) in [4.78, 5) is 16.5. The summed E-state index contributed by atoms with van der Waals surface area (Å²) >= 11 is 0. The van der Waals surface area contributed by atoms with Crippen LogP contribution in [-0.4, -0.2) is 4.98 Å². The Hall–Kier alpha value is -1.90. The first kappa shape index (κ1) is 10.1. The third-order valence-electron chi connectivity index (χ3n) is 3.97. The van der Waals surface area contributed by atoms with Gasteiger partial charge < -0.3 is 4.42 Å². The topological polar surface area (TPSA) is 43.1 Å². The van der Waals surface area contributed by atoms with Crippen LogP contribution in [0.15, 0.2) is 15.3 Å². The van der Waals surface area contributed by atoms with Crippen molar-refractivity contribution >= 4 is 12.2 Å². The molecule has 0 radical (unpaired) electrons. The lowest BCUT2D eigenvalue weighted by molar-refractivity contribution is 0.505. The lowest BCUT2D eigenvalue weighted by Gasteiger charge is -2.10. The molecule has 0 aromatic carbocycles. The van der Waals surface area contributed by atoms with Crippen LogP contribution in [0, 0.1) is 25.7 Å². The fraction of sp³-hybridized carbons (Fsp3) is 0.333. The highest BCUT2D eigenvalue weighted by atomic mass is 16.3. The molecule has 4 aliphatic rings. The van der Waals surface area contributed by atoms with Gasteiger partial charge in [0, 0.05) is 5.56 Å². The number of hydrogen-bond acceptors (Lipinski definition) is 3. The Balaban J connectivity index is 2.20. The summed E-state index contributed by atoms with van der Waals surface area (Å²) < 4.78 is 5.92. The molecule has 90 valence electrons. The summed E-state index contributed by atoms with van der Waals surface area (Å²) in [5, 5.41) is 0.933. The van der Waals surface area contributed by atoms with Gasteiger partial charge in [0.25, 0.3) is 0 Å². The maximum atomic E-state index is 11.8. The highest BCUT2D eigenvalue weighted by molar-refractivity contribution is 5.62. The van der Waals surface area contributed by atoms with Gasteiger partial charge in [-0.3, -0.25) is 4.79 Å². The number of benzene rings is 1. The smallest absolute Gasteiger partial charge is 0.185 e. The molecule has 0 aromatic rings. The van der Waals surface area contributed by atoms with Crippen LogP contribution in [0.1, 0.15) is 17.5 Å². The summed E-state index contributed by atoms with van der Waals surface area (Å²) in [6.45, 7) is 3.71. The van der Waals surface area contributed by atoms with Gasteiger partial charge in [-0.05, 0) is 49.8 Å². The molecule has 0 spiro atoms. The molecule has 18 heavy (non-hydrogen) atoms. The van der Waals surface area contributed by atoms with E-state index in [0.717, 1.165) is 22.0 Å². The molecular formula is C15H13NO2. The molecule has 0 N–H and O–H groups in total. The highest BCUT2D eigenvalue weighted by Gasteiger charge is 2.35. The molecule has 1 heterocycles. The molecular weight excluding hydrogens is 226 g/mol. The van der Waals surface area contributed by atoms with Crippen LogP contribution >= 0.6 is 0 Å². The van der Waals surface area contributed by atoms with Crippen LogP contribution in [0.4, 0.5) is 0 Å². The van der Waals surface area contributed by atoms with Crippen molar-refractivity contribution in [1.82, 2.24) is 4.98 Å². The van der Waals surface area contributed by atoms with Crippen molar-refractivity contribution in [2.75, 3.05) is 0 Å². The Morgan fingerprint density at radius 1 is 1.28 bits per heavy atom. The maximum absolute atomic E-state index is 11.8. The van der Waals surface area contributed by atoms with Crippen LogP contribution in [0.5, 0.6) is 0 Å². The van der Waals surface area contributed by atoms with Gasteiger partial charge in [-0.1, -0.05) is 6.08 Å². The SMILES string of the molecule is Cc1cc(=O)c(C)c2oc3c(nc1-2)=CC1CC1C=3. The third kappa shape index (κ3) is 1.24. The van der Waals surface area contributed by atoms with Crippen LogP contribution in [0.3, 0.4) is 0 Å². The van der Waals surface area contributed by atoms with Gasteiger partial charge in [0.05, 0.1) is 0 Å². The monoisotopic (exact) mass is 239 g/mol. The lowest BCUT2D eigenvalue weighted by Crippen LogP contribution is -2.32. The van der Waals surface area contributed by atoms with Crippen LogP contribution in [0.2, 0.25) is 0 Å².